The second-order valence-electron chi connectivity index (χ2n) is 11.4. The number of carboxylic acids is 1. The molecule has 4 N–H and O–H groups in total. The maximum Gasteiger partial charge on any atom is 0.303 e. The standard InChI is InChI=1S/C24H40O5/c1-13(4-7-21(28)29)16-5-6-17-22-18(12-20(27)24(16,17)3)23(2)9-8-15(25)10-14(23)11-19(22)26/h13-20,22,25-27H,4-12H2,1-3H3,(H,28,29)/t13?,14-,15?,16?,17?,18?,19?,20?,22-,23-,24+/m0/s1. The van der Waals surface area contributed by atoms with Crippen LogP contribution in [-0.4, -0.2) is 44.7 Å². The molecule has 166 valence electrons. The zero-order valence-corrected chi connectivity index (χ0v) is 18.3. The Hall–Kier alpha value is -0.650. The van der Waals surface area contributed by atoms with Crippen LogP contribution in [0.2, 0.25) is 0 Å². The number of aliphatic hydroxyl groups excluding tert-OH is 3. The van der Waals surface area contributed by atoms with Gasteiger partial charge in [0, 0.05) is 6.42 Å². The van der Waals surface area contributed by atoms with Crippen molar-refractivity contribution in [1.29, 1.82) is 0 Å². The highest BCUT2D eigenvalue weighted by molar-refractivity contribution is 5.66. The van der Waals surface area contributed by atoms with Gasteiger partial charge in [-0.15, -0.1) is 0 Å². The smallest absolute Gasteiger partial charge is 0.303 e. The Morgan fingerprint density at radius 2 is 1.76 bits per heavy atom. The van der Waals surface area contributed by atoms with Gasteiger partial charge in [-0.1, -0.05) is 20.8 Å². The summed E-state index contributed by atoms with van der Waals surface area (Å²) in [5.41, 5.74) is -0.143. The van der Waals surface area contributed by atoms with Crippen LogP contribution in [0.5, 0.6) is 0 Å². The minimum atomic E-state index is -0.748. The van der Waals surface area contributed by atoms with E-state index in [-0.39, 0.29) is 41.3 Å². The normalized spacial score (nSPS) is 52.9. The Morgan fingerprint density at radius 1 is 1.03 bits per heavy atom. The summed E-state index contributed by atoms with van der Waals surface area (Å²) < 4.78 is 0. The van der Waals surface area contributed by atoms with E-state index in [4.69, 9.17) is 5.11 Å². The molecule has 0 aromatic rings. The fourth-order valence-corrected chi connectivity index (χ4v) is 8.68. The lowest BCUT2D eigenvalue weighted by Crippen LogP contribution is -2.62. The monoisotopic (exact) mass is 408 g/mol. The van der Waals surface area contributed by atoms with Crippen LogP contribution < -0.4 is 0 Å². The molecule has 29 heavy (non-hydrogen) atoms. The molecule has 5 nitrogen and oxygen atoms in total. The summed E-state index contributed by atoms with van der Waals surface area (Å²) in [6.07, 6.45) is 6.00. The van der Waals surface area contributed by atoms with E-state index in [1.54, 1.807) is 0 Å². The third-order valence-corrected chi connectivity index (χ3v) is 10.3. The van der Waals surface area contributed by atoms with Crippen molar-refractivity contribution in [2.45, 2.75) is 96.9 Å². The van der Waals surface area contributed by atoms with Gasteiger partial charge in [0.25, 0.3) is 0 Å². The Bertz CT molecular complexity index is 637. The number of aliphatic hydroxyl groups is 3. The molecule has 4 fully saturated rings. The average Bonchev–Trinajstić information content (AvgIpc) is 3.01. The minimum absolute atomic E-state index is 0.0957. The fraction of sp³-hybridized carbons (Fsp3) is 0.958. The number of hydrogen-bond donors (Lipinski definition) is 4. The Balaban J connectivity index is 1.61. The van der Waals surface area contributed by atoms with Gasteiger partial charge in [-0.3, -0.25) is 4.79 Å². The zero-order valence-electron chi connectivity index (χ0n) is 18.3. The second-order valence-corrected chi connectivity index (χ2v) is 11.4. The molecule has 4 rings (SSSR count). The quantitative estimate of drug-likeness (QED) is 0.571. The van der Waals surface area contributed by atoms with E-state index in [0.29, 0.717) is 30.1 Å². The van der Waals surface area contributed by atoms with E-state index in [1.165, 1.54) is 0 Å². The highest BCUT2D eigenvalue weighted by Gasteiger charge is 2.65. The van der Waals surface area contributed by atoms with Crippen LogP contribution in [-0.2, 0) is 4.79 Å². The van der Waals surface area contributed by atoms with E-state index in [2.05, 4.69) is 20.8 Å². The van der Waals surface area contributed by atoms with Gasteiger partial charge in [-0.25, -0.2) is 0 Å². The fourth-order valence-electron chi connectivity index (χ4n) is 8.68. The van der Waals surface area contributed by atoms with Gasteiger partial charge >= 0.3 is 5.97 Å². The van der Waals surface area contributed by atoms with Crippen molar-refractivity contribution >= 4 is 5.97 Å². The van der Waals surface area contributed by atoms with Crippen molar-refractivity contribution in [3.05, 3.63) is 0 Å². The molecule has 0 spiro atoms. The number of hydrogen-bond acceptors (Lipinski definition) is 4. The molecule has 5 heteroatoms. The van der Waals surface area contributed by atoms with Crippen LogP contribution in [0.1, 0.15) is 78.6 Å². The maximum absolute atomic E-state index is 11.5. The van der Waals surface area contributed by atoms with Crippen molar-refractivity contribution < 1.29 is 25.2 Å². The van der Waals surface area contributed by atoms with Crippen molar-refractivity contribution in [2.75, 3.05) is 0 Å². The first-order chi connectivity index (χ1) is 13.6. The summed E-state index contributed by atoms with van der Waals surface area (Å²) in [4.78, 5) is 11.1. The molecule has 0 bridgehead atoms. The summed E-state index contributed by atoms with van der Waals surface area (Å²) >= 11 is 0. The molecule has 4 aliphatic carbocycles. The number of fused-ring (bicyclic) bond motifs is 5. The summed E-state index contributed by atoms with van der Waals surface area (Å²) in [7, 11) is 0. The lowest BCUT2D eigenvalue weighted by atomic mass is 9.43. The van der Waals surface area contributed by atoms with Gasteiger partial charge in [0.05, 0.1) is 18.3 Å². The van der Waals surface area contributed by atoms with E-state index < -0.39 is 12.1 Å². The number of carboxylic acid groups (broad SMARTS) is 1. The number of aliphatic carboxylic acids is 1. The molecule has 11 atom stereocenters. The molecule has 0 aromatic carbocycles. The summed E-state index contributed by atoms with van der Waals surface area (Å²) in [5.74, 6) is 0.997. The minimum Gasteiger partial charge on any atom is -0.481 e. The molecular formula is C24H40O5. The van der Waals surface area contributed by atoms with Crippen molar-refractivity contribution in [3.63, 3.8) is 0 Å². The molecule has 7 unspecified atom stereocenters. The molecule has 0 aromatic heterocycles. The molecule has 0 heterocycles. The predicted molar refractivity (Wildman–Crippen MR) is 110 cm³/mol. The SMILES string of the molecule is CC(CCC(=O)O)C1CCC2[C@@H]3C(O)C[C@@H]4CC(O)CC[C@]4(C)C3CC(O)[C@]12C. The Labute approximate surface area is 174 Å². The van der Waals surface area contributed by atoms with Gasteiger partial charge in [0.15, 0.2) is 0 Å². The highest BCUT2D eigenvalue weighted by atomic mass is 16.4. The summed E-state index contributed by atoms with van der Waals surface area (Å²) in [6.45, 7) is 6.72. The first-order valence-corrected chi connectivity index (χ1v) is 11.8. The van der Waals surface area contributed by atoms with Crippen LogP contribution in [0, 0.1) is 46.3 Å². The van der Waals surface area contributed by atoms with Gasteiger partial charge in [0.1, 0.15) is 0 Å². The average molecular weight is 409 g/mol. The van der Waals surface area contributed by atoms with E-state index >= 15 is 0 Å². The van der Waals surface area contributed by atoms with Gasteiger partial charge in [-0.05, 0) is 97.7 Å². The van der Waals surface area contributed by atoms with Gasteiger partial charge < -0.3 is 20.4 Å². The number of carbonyl (C=O) groups is 1. The van der Waals surface area contributed by atoms with Crippen LogP contribution in [0.25, 0.3) is 0 Å². The van der Waals surface area contributed by atoms with Gasteiger partial charge in [0.2, 0.25) is 0 Å². The molecule has 4 aliphatic rings. The van der Waals surface area contributed by atoms with Crippen LogP contribution in [0.3, 0.4) is 0 Å². The highest BCUT2D eigenvalue weighted by Crippen LogP contribution is 2.68. The third kappa shape index (κ3) is 3.27. The lowest BCUT2D eigenvalue weighted by Gasteiger charge is -2.63. The molecule has 0 amide bonds. The molecule has 0 saturated heterocycles. The van der Waals surface area contributed by atoms with E-state index in [0.717, 1.165) is 44.9 Å². The topological polar surface area (TPSA) is 98.0 Å². The summed E-state index contributed by atoms with van der Waals surface area (Å²) in [6, 6.07) is 0. The van der Waals surface area contributed by atoms with Gasteiger partial charge in [-0.2, -0.15) is 0 Å². The first kappa shape index (κ1) is 21.6. The largest absolute Gasteiger partial charge is 0.481 e. The molecule has 0 radical (unpaired) electrons. The third-order valence-electron chi connectivity index (χ3n) is 10.3. The number of rotatable bonds is 4. The summed E-state index contributed by atoms with van der Waals surface area (Å²) in [5, 5.41) is 42.0. The van der Waals surface area contributed by atoms with Crippen LogP contribution in [0.4, 0.5) is 0 Å². The maximum atomic E-state index is 11.5. The Morgan fingerprint density at radius 3 is 2.45 bits per heavy atom. The van der Waals surface area contributed by atoms with Crippen LogP contribution in [0.15, 0.2) is 0 Å². The van der Waals surface area contributed by atoms with E-state index in [9.17, 15) is 20.1 Å². The molecule has 4 saturated carbocycles. The Kier molecular flexibility index (Phi) is 5.57. The molecular weight excluding hydrogens is 368 g/mol. The lowest BCUT2D eigenvalue weighted by molar-refractivity contribution is -0.207. The van der Waals surface area contributed by atoms with Crippen LogP contribution >= 0.6 is 0 Å². The molecule has 0 aliphatic heterocycles. The second kappa shape index (κ2) is 7.49. The van der Waals surface area contributed by atoms with Crippen molar-refractivity contribution in [3.8, 4) is 0 Å². The first-order valence-electron chi connectivity index (χ1n) is 11.8. The predicted octanol–water partition coefficient (Wildman–Crippen LogP) is 3.45. The van der Waals surface area contributed by atoms with E-state index in [1.807, 2.05) is 0 Å². The zero-order chi connectivity index (χ0) is 21.1. The van der Waals surface area contributed by atoms with Crippen molar-refractivity contribution in [1.82, 2.24) is 0 Å². The van der Waals surface area contributed by atoms with Crippen molar-refractivity contribution in [2.24, 2.45) is 46.3 Å².